The number of piperidine rings is 1. The number of carbonyl (C=O) groups is 1. The van der Waals surface area contributed by atoms with Gasteiger partial charge >= 0.3 is 12.3 Å². The van der Waals surface area contributed by atoms with E-state index in [-0.39, 0.29) is 6.10 Å². The van der Waals surface area contributed by atoms with E-state index >= 15 is 0 Å². The van der Waals surface area contributed by atoms with Gasteiger partial charge in [0.2, 0.25) is 0 Å². The number of rotatable bonds is 3. The van der Waals surface area contributed by atoms with E-state index in [2.05, 4.69) is 0 Å². The summed E-state index contributed by atoms with van der Waals surface area (Å²) in [7, 11) is 0. The standard InChI is InChI=1S/C15H16F3NO3/c16-15(17,18)12-3-1-2-11(10-12)6-9-22-13-4-7-19(8-5-13)14(20)21/h1-3,6,9-10,13H,4-5,7-8H2,(H,20,21). The minimum Gasteiger partial charge on any atom is -0.498 e. The summed E-state index contributed by atoms with van der Waals surface area (Å²) in [6.45, 7) is 0.800. The van der Waals surface area contributed by atoms with Crippen LogP contribution in [0.3, 0.4) is 0 Å². The first-order valence-corrected chi connectivity index (χ1v) is 6.83. The van der Waals surface area contributed by atoms with Crippen LogP contribution in [0.5, 0.6) is 0 Å². The van der Waals surface area contributed by atoms with E-state index in [4.69, 9.17) is 9.84 Å². The van der Waals surface area contributed by atoms with E-state index in [1.165, 1.54) is 23.3 Å². The summed E-state index contributed by atoms with van der Waals surface area (Å²) in [4.78, 5) is 12.1. The van der Waals surface area contributed by atoms with Gasteiger partial charge in [-0.05, 0) is 23.8 Å². The number of carboxylic acid groups (broad SMARTS) is 1. The zero-order valence-corrected chi connectivity index (χ0v) is 11.7. The van der Waals surface area contributed by atoms with E-state index in [0.717, 1.165) is 12.1 Å². The molecule has 0 unspecified atom stereocenters. The number of alkyl halides is 3. The number of likely N-dealkylation sites (tertiary alicyclic amines) is 1. The van der Waals surface area contributed by atoms with Gasteiger partial charge in [-0.1, -0.05) is 12.1 Å². The Labute approximate surface area is 125 Å². The molecule has 0 atom stereocenters. The molecule has 0 saturated carbocycles. The molecule has 1 aromatic carbocycles. The monoisotopic (exact) mass is 315 g/mol. The smallest absolute Gasteiger partial charge is 0.416 e. The molecule has 0 aliphatic carbocycles. The molecule has 120 valence electrons. The van der Waals surface area contributed by atoms with Gasteiger partial charge in [0.25, 0.3) is 0 Å². The highest BCUT2D eigenvalue weighted by Crippen LogP contribution is 2.29. The lowest BCUT2D eigenvalue weighted by atomic mass is 10.1. The number of benzene rings is 1. The minimum absolute atomic E-state index is 0.113. The second-order valence-electron chi connectivity index (χ2n) is 5.03. The number of hydrogen-bond acceptors (Lipinski definition) is 2. The molecule has 22 heavy (non-hydrogen) atoms. The summed E-state index contributed by atoms with van der Waals surface area (Å²) in [5, 5.41) is 8.82. The molecule has 0 bridgehead atoms. The van der Waals surface area contributed by atoms with Gasteiger partial charge in [0.05, 0.1) is 11.8 Å². The Morgan fingerprint density at radius 2 is 2.00 bits per heavy atom. The van der Waals surface area contributed by atoms with Crippen molar-refractivity contribution in [3.63, 3.8) is 0 Å². The third-order valence-corrected chi connectivity index (χ3v) is 3.46. The zero-order valence-electron chi connectivity index (χ0n) is 11.7. The minimum atomic E-state index is -4.37. The van der Waals surface area contributed by atoms with Gasteiger partial charge in [-0.2, -0.15) is 13.2 Å². The van der Waals surface area contributed by atoms with Gasteiger partial charge in [0, 0.05) is 25.9 Å². The second-order valence-corrected chi connectivity index (χ2v) is 5.03. The second kappa shape index (κ2) is 6.72. The third-order valence-electron chi connectivity index (χ3n) is 3.46. The Hall–Kier alpha value is -2.18. The van der Waals surface area contributed by atoms with Crippen LogP contribution in [0.15, 0.2) is 30.5 Å². The molecule has 1 aromatic rings. The van der Waals surface area contributed by atoms with Crippen molar-refractivity contribution in [1.29, 1.82) is 0 Å². The highest BCUT2D eigenvalue weighted by molar-refractivity contribution is 5.65. The van der Waals surface area contributed by atoms with Crippen molar-refractivity contribution >= 4 is 12.2 Å². The largest absolute Gasteiger partial charge is 0.498 e. The molecule has 1 fully saturated rings. The Morgan fingerprint density at radius 3 is 2.59 bits per heavy atom. The van der Waals surface area contributed by atoms with Crippen molar-refractivity contribution in [2.45, 2.75) is 25.1 Å². The molecule has 1 heterocycles. The maximum absolute atomic E-state index is 12.6. The van der Waals surface area contributed by atoms with Crippen LogP contribution in [0.4, 0.5) is 18.0 Å². The molecule has 1 amide bonds. The number of hydrogen-bond donors (Lipinski definition) is 1. The van der Waals surface area contributed by atoms with Gasteiger partial charge in [-0.3, -0.25) is 0 Å². The van der Waals surface area contributed by atoms with Gasteiger partial charge < -0.3 is 14.7 Å². The van der Waals surface area contributed by atoms with E-state index < -0.39 is 17.8 Å². The number of amides is 1. The van der Waals surface area contributed by atoms with E-state index in [1.54, 1.807) is 6.07 Å². The molecule has 0 radical (unpaired) electrons. The summed E-state index contributed by atoms with van der Waals surface area (Å²) >= 11 is 0. The first kappa shape index (κ1) is 16.2. The zero-order chi connectivity index (χ0) is 16.2. The molecule has 0 aromatic heterocycles. The van der Waals surface area contributed by atoms with E-state index in [1.807, 2.05) is 0 Å². The molecule has 1 aliphatic heterocycles. The van der Waals surface area contributed by atoms with Crippen LogP contribution in [0.25, 0.3) is 6.08 Å². The van der Waals surface area contributed by atoms with Crippen molar-refractivity contribution < 1.29 is 27.8 Å². The van der Waals surface area contributed by atoms with E-state index in [9.17, 15) is 18.0 Å². The van der Waals surface area contributed by atoms with Crippen LogP contribution in [-0.2, 0) is 10.9 Å². The summed E-state index contributed by atoms with van der Waals surface area (Å²) in [5.41, 5.74) is -0.304. The molecule has 4 nitrogen and oxygen atoms in total. The maximum Gasteiger partial charge on any atom is 0.416 e. The van der Waals surface area contributed by atoms with E-state index in [0.29, 0.717) is 31.5 Å². The number of nitrogens with zero attached hydrogens (tertiary/aromatic N) is 1. The van der Waals surface area contributed by atoms with Gasteiger partial charge in [0.1, 0.15) is 6.10 Å². The molecule has 2 rings (SSSR count). The fourth-order valence-electron chi connectivity index (χ4n) is 2.23. The first-order chi connectivity index (χ1) is 10.4. The number of ether oxygens (including phenoxy) is 1. The molecule has 0 spiro atoms. The van der Waals surface area contributed by atoms with Crippen molar-refractivity contribution in [3.8, 4) is 0 Å². The fourth-order valence-corrected chi connectivity index (χ4v) is 2.23. The van der Waals surface area contributed by atoms with Gasteiger partial charge in [0.15, 0.2) is 0 Å². The van der Waals surface area contributed by atoms with Crippen LogP contribution in [-0.4, -0.2) is 35.3 Å². The summed E-state index contributed by atoms with van der Waals surface area (Å²) in [6, 6.07) is 4.96. The van der Waals surface area contributed by atoms with Gasteiger partial charge in [-0.25, -0.2) is 4.79 Å². The highest BCUT2D eigenvalue weighted by Gasteiger charge is 2.30. The third kappa shape index (κ3) is 4.41. The topological polar surface area (TPSA) is 49.8 Å². The van der Waals surface area contributed by atoms with Crippen LogP contribution in [0.1, 0.15) is 24.0 Å². The Morgan fingerprint density at radius 1 is 1.32 bits per heavy atom. The van der Waals surface area contributed by atoms with Crippen LogP contribution >= 0.6 is 0 Å². The highest BCUT2D eigenvalue weighted by atomic mass is 19.4. The average Bonchev–Trinajstić information content (AvgIpc) is 2.47. The number of halogens is 3. The van der Waals surface area contributed by atoms with Gasteiger partial charge in [-0.15, -0.1) is 0 Å². The Bertz CT molecular complexity index is 549. The summed E-state index contributed by atoms with van der Waals surface area (Å²) < 4.78 is 43.2. The quantitative estimate of drug-likeness (QED) is 0.862. The Balaban J connectivity index is 1.87. The molecule has 7 heteroatoms. The normalized spacial score (nSPS) is 17.0. The molecule has 1 N–H and O–H groups in total. The first-order valence-electron chi connectivity index (χ1n) is 6.83. The predicted octanol–water partition coefficient (Wildman–Crippen LogP) is 3.84. The summed E-state index contributed by atoms with van der Waals surface area (Å²) in [6.07, 6.45) is -1.45. The predicted molar refractivity (Wildman–Crippen MR) is 74.2 cm³/mol. The summed E-state index contributed by atoms with van der Waals surface area (Å²) in [5.74, 6) is 0. The Kier molecular flexibility index (Phi) is 4.95. The SMILES string of the molecule is O=C(O)N1CCC(OC=Cc2cccc(C(F)(F)F)c2)CC1. The lowest BCUT2D eigenvalue weighted by Crippen LogP contribution is -2.39. The molecule has 1 aliphatic rings. The molecular formula is C15H16F3NO3. The maximum atomic E-state index is 12.6. The van der Waals surface area contributed by atoms with Crippen LogP contribution in [0, 0.1) is 0 Å². The fraction of sp³-hybridized carbons (Fsp3) is 0.400. The molecular weight excluding hydrogens is 299 g/mol. The van der Waals surface area contributed by atoms with Crippen molar-refractivity contribution in [2.24, 2.45) is 0 Å². The van der Waals surface area contributed by atoms with Crippen molar-refractivity contribution in [3.05, 3.63) is 41.7 Å². The van der Waals surface area contributed by atoms with Crippen LogP contribution < -0.4 is 0 Å². The lowest BCUT2D eigenvalue weighted by Gasteiger charge is -2.29. The molecule has 1 saturated heterocycles. The van der Waals surface area contributed by atoms with Crippen molar-refractivity contribution in [2.75, 3.05) is 13.1 Å². The van der Waals surface area contributed by atoms with Crippen LogP contribution in [0.2, 0.25) is 0 Å². The average molecular weight is 315 g/mol. The lowest BCUT2D eigenvalue weighted by molar-refractivity contribution is -0.137. The van der Waals surface area contributed by atoms with Crippen molar-refractivity contribution in [1.82, 2.24) is 4.90 Å².